The molecule has 8 aliphatic rings. The first kappa shape index (κ1) is 95.2. The number of benzene rings is 8. The van der Waals surface area contributed by atoms with E-state index in [4.69, 9.17) is 23.7 Å². The molecule has 4 unspecified atom stereocenters. The van der Waals surface area contributed by atoms with Crippen molar-refractivity contribution in [3.8, 4) is 5.75 Å². The van der Waals surface area contributed by atoms with Crippen LogP contribution >= 0.6 is 0 Å². The summed E-state index contributed by atoms with van der Waals surface area (Å²) in [7, 11) is 1.55. The number of halogens is 8. The SMILES string of the molecule is COc1cc(CC(=O)N2CCN(CC(C)c3ccc4c(c3C)COC4=O)CC2)c(F)cc1C.Cc1cc(F)c(CC(=O)N2CCN(CC(C)c3ccc4c(c3C)COC4=O)CC2)cc1F.Cc1cc(F)c(CC(=O)N2CCN(CC(F)c3ccc4c(c3C)COC4=O)CC2)cc1F.Cc1cc(F)c(CC(=O)N2CCN(CC(O)c3ccc4c(c3C)COC4=O)CC2)cc1F. The predicted molar refractivity (Wildman–Crippen MR) is 465 cm³/mol. The lowest BCUT2D eigenvalue weighted by Crippen LogP contribution is -2.50. The summed E-state index contributed by atoms with van der Waals surface area (Å²) in [5.74, 6) is -4.44. The minimum atomic E-state index is -1.23. The molecule has 8 aliphatic heterocycles. The fourth-order valence-electron chi connectivity index (χ4n) is 18.2. The van der Waals surface area contributed by atoms with Gasteiger partial charge in [0.05, 0.1) is 61.2 Å². The van der Waals surface area contributed by atoms with Gasteiger partial charge in [-0.05, 0) is 207 Å². The number of aryl methyl sites for hydroxylation is 4. The van der Waals surface area contributed by atoms with E-state index in [-0.39, 0.29) is 138 Å². The maximum absolute atomic E-state index is 15.1. The van der Waals surface area contributed by atoms with Crippen molar-refractivity contribution in [2.75, 3.05) is 138 Å². The monoisotopic (exact) mass is 1790 g/mol. The first-order valence-corrected chi connectivity index (χ1v) is 43.7. The predicted octanol–water partition coefficient (Wildman–Crippen LogP) is 13.7. The van der Waals surface area contributed by atoms with E-state index in [1.165, 1.54) is 38.0 Å². The topological polar surface area (TPSA) is 229 Å². The summed E-state index contributed by atoms with van der Waals surface area (Å²) in [6, 6.07) is 24.2. The summed E-state index contributed by atoms with van der Waals surface area (Å²) in [4.78, 5) is 113. The Labute approximate surface area is 745 Å². The Balaban J connectivity index is 0.000000147. The first-order valence-electron chi connectivity index (χ1n) is 43.7. The molecule has 4 atom stereocenters. The van der Waals surface area contributed by atoms with Crippen molar-refractivity contribution in [1.82, 2.24) is 39.2 Å². The number of hydrogen-bond acceptors (Lipinski definition) is 18. The molecule has 8 aromatic carbocycles. The fourth-order valence-corrected chi connectivity index (χ4v) is 18.2. The van der Waals surface area contributed by atoms with Crippen LogP contribution in [0.25, 0.3) is 0 Å². The molecular weight excluding hydrogens is 1680 g/mol. The Hall–Kier alpha value is -11.4. The number of hydrogen-bond donors (Lipinski definition) is 1. The lowest BCUT2D eigenvalue weighted by molar-refractivity contribution is -0.133. The second-order valence-corrected chi connectivity index (χ2v) is 34.7. The number of carbonyl (C=O) groups excluding carboxylic acids is 8. The second-order valence-electron chi connectivity index (χ2n) is 34.7. The van der Waals surface area contributed by atoms with Gasteiger partial charge in [-0.1, -0.05) is 38.1 Å². The van der Waals surface area contributed by atoms with Gasteiger partial charge in [-0.2, -0.15) is 0 Å². The summed E-state index contributed by atoms with van der Waals surface area (Å²) in [5, 5.41) is 10.8. The van der Waals surface area contributed by atoms with Crippen molar-refractivity contribution in [2.24, 2.45) is 0 Å². The van der Waals surface area contributed by atoms with Crippen LogP contribution in [0, 0.1) is 96.1 Å². The maximum Gasteiger partial charge on any atom is 0.338 e. The highest BCUT2D eigenvalue weighted by Gasteiger charge is 2.35. The molecule has 1 N–H and O–H groups in total. The Morgan fingerprint density at radius 2 is 0.597 bits per heavy atom. The van der Waals surface area contributed by atoms with Gasteiger partial charge in [0.1, 0.15) is 79.1 Å². The number of methoxy groups -OCH3 is 1. The van der Waals surface area contributed by atoms with Crippen LogP contribution in [0.2, 0.25) is 0 Å². The molecule has 4 fully saturated rings. The zero-order valence-corrected chi connectivity index (χ0v) is 74.7. The molecule has 0 aromatic heterocycles. The lowest BCUT2D eigenvalue weighted by atomic mass is 9.90. The number of rotatable bonds is 21. The number of cyclic esters (lactones) is 4. The Morgan fingerprint density at radius 1 is 0.341 bits per heavy atom. The highest BCUT2D eigenvalue weighted by molar-refractivity contribution is 5.96. The molecule has 16 rings (SSSR count). The van der Waals surface area contributed by atoms with Gasteiger partial charge in [0, 0.05) is 175 Å². The van der Waals surface area contributed by atoms with Gasteiger partial charge in [-0.15, -0.1) is 0 Å². The minimum Gasteiger partial charge on any atom is -0.496 e. The number of carbonyl (C=O) groups is 8. The molecule has 0 bridgehead atoms. The number of ether oxygens (including phenoxy) is 5. The van der Waals surface area contributed by atoms with E-state index in [0.29, 0.717) is 149 Å². The van der Waals surface area contributed by atoms with E-state index in [0.717, 1.165) is 126 Å². The average molecular weight is 1790 g/mol. The van der Waals surface area contributed by atoms with Crippen LogP contribution < -0.4 is 4.74 Å². The third-order valence-corrected chi connectivity index (χ3v) is 26.3. The van der Waals surface area contributed by atoms with Gasteiger partial charge in [0.25, 0.3) is 0 Å². The number of amides is 4. The standard InChI is InChI=1S/C26H31FN2O4.C25H28F2N2O3.C24H25F3N2O3.C24H26F2N2O4/c1-16-11-23(27)19(12-24(16)32-4)13-25(30)29-9-7-28(8-10-29)14-17(2)20-5-6-21-22(18(20)3)15-33-26(21)31;1-15-10-23(27)18(11-22(15)26)12-24(30)29-8-6-28(7-9-29)13-16(2)19-4-5-20-21(17(19)3)14-32-25(20)31;1-14-9-21(26)16(10-20(14)25)11-23(30)29-7-5-28(6-8-29)12-22(27)17-3-4-18-19(15(17)2)13-32-24(18)31;1-14-9-21(26)16(10-20(14)25)11-23(30)28-7-5-27(6-8-28)12-22(29)17-3-4-18-19(15(17)2)13-32-24(18)31/h5-6,11-12,17H,7-10,13-15H2,1-4H3;4-5,10-11,16H,6-9,12-14H2,1-3H3;3-4,9-10,22H,5-8,11-13H2,1-2H3;3-4,9-10,22,29H,5-8,11-13H2,1-2H3. The maximum atomic E-state index is 15.1. The molecule has 0 aliphatic carbocycles. The normalized spacial score (nSPS) is 17.2. The zero-order valence-electron chi connectivity index (χ0n) is 74.7. The van der Waals surface area contributed by atoms with E-state index in [2.05, 4.69) is 35.5 Å². The van der Waals surface area contributed by atoms with E-state index < -0.39 is 47.2 Å². The molecule has 0 spiro atoms. The number of aliphatic hydroxyl groups excluding tert-OH is 1. The summed E-state index contributed by atoms with van der Waals surface area (Å²) in [6.07, 6.45) is -2.45. The van der Waals surface area contributed by atoms with Gasteiger partial charge >= 0.3 is 23.9 Å². The van der Waals surface area contributed by atoms with Crippen molar-refractivity contribution in [3.05, 3.63) is 271 Å². The molecule has 8 heterocycles. The second kappa shape index (κ2) is 41.5. The number of fused-ring (bicyclic) bond motifs is 4. The number of piperazine rings is 4. The number of esters is 4. The van der Waals surface area contributed by atoms with E-state index in [1.54, 1.807) is 66.0 Å². The van der Waals surface area contributed by atoms with Crippen molar-refractivity contribution in [2.45, 2.75) is 145 Å². The molecule has 8 aromatic rings. The lowest BCUT2D eigenvalue weighted by Gasteiger charge is -2.36. The summed E-state index contributed by atoms with van der Waals surface area (Å²) in [6.45, 7) is 31.0. The Kier molecular flexibility index (Phi) is 30.6. The molecule has 686 valence electrons. The smallest absolute Gasteiger partial charge is 0.338 e. The molecule has 0 radical (unpaired) electrons. The first-order chi connectivity index (χ1) is 61.5. The van der Waals surface area contributed by atoms with Crippen LogP contribution in [0.5, 0.6) is 5.75 Å². The summed E-state index contributed by atoms with van der Waals surface area (Å²) >= 11 is 0. The van der Waals surface area contributed by atoms with Crippen LogP contribution in [-0.2, 0) is 90.2 Å². The van der Waals surface area contributed by atoms with E-state index in [1.807, 2.05) is 47.9 Å². The van der Waals surface area contributed by atoms with Gasteiger partial charge < -0.3 is 48.4 Å². The molecule has 22 nitrogen and oxygen atoms in total. The number of nitrogens with zero attached hydrogens (tertiary/aromatic N) is 8. The molecular formula is C99H110F8N8O14. The van der Waals surface area contributed by atoms with Gasteiger partial charge in [0.15, 0.2) is 0 Å². The molecule has 0 saturated carbocycles. The van der Waals surface area contributed by atoms with Crippen LogP contribution in [0.3, 0.4) is 0 Å². The van der Waals surface area contributed by atoms with Gasteiger partial charge in [0.2, 0.25) is 23.6 Å². The van der Waals surface area contributed by atoms with Crippen LogP contribution in [-0.4, -0.2) is 230 Å². The Bertz CT molecular complexity index is 5220. The van der Waals surface area contributed by atoms with Crippen LogP contribution in [0.1, 0.15) is 191 Å². The minimum absolute atomic E-state index is 0.0357. The highest BCUT2D eigenvalue weighted by atomic mass is 19.2. The van der Waals surface area contributed by atoms with Gasteiger partial charge in [-0.3, -0.25) is 38.8 Å². The zero-order chi connectivity index (χ0) is 92.7. The number of alkyl halides is 1. The average Bonchev–Trinajstić information content (AvgIpc) is 1.68. The molecule has 30 heteroatoms. The summed E-state index contributed by atoms with van der Waals surface area (Å²) in [5.41, 5.74) is 15.4. The van der Waals surface area contributed by atoms with Crippen molar-refractivity contribution < 1.29 is 102 Å². The number of aliphatic hydroxyl groups is 1. The van der Waals surface area contributed by atoms with Crippen molar-refractivity contribution in [1.29, 1.82) is 0 Å². The number of β-amino-alcohol motifs (C(OH)–C–C–N with tert-alkyl or cyclic N) is 1. The quantitative estimate of drug-likeness (QED) is 0.0400. The van der Waals surface area contributed by atoms with E-state index in [9.17, 15) is 74.2 Å². The van der Waals surface area contributed by atoms with Crippen molar-refractivity contribution in [3.63, 3.8) is 0 Å². The largest absolute Gasteiger partial charge is 0.496 e. The third-order valence-electron chi connectivity index (χ3n) is 26.3. The van der Waals surface area contributed by atoms with E-state index >= 15 is 4.39 Å². The molecule has 4 amide bonds. The fraction of sp³-hybridized carbons (Fsp3) is 0.434. The third kappa shape index (κ3) is 22.2. The van der Waals surface area contributed by atoms with Crippen molar-refractivity contribution >= 4 is 47.5 Å². The van der Waals surface area contributed by atoms with Crippen LogP contribution in [0.4, 0.5) is 35.1 Å². The highest BCUT2D eigenvalue weighted by Crippen LogP contribution is 2.37. The molecule has 129 heavy (non-hydrogen) atoms. The Morgan fingerprint density at radius 3 is 0.907 bits per heavy atom. The van der Waals surface area contributed by atoms with Gasteiger partial charge in [-0.25, -0.2) is 54.3 Å². The summed E-state index contributed by atoms with van der Waals surface area (Å²) < 4.78 is 139. The molecule has 4 saturated heterocycles. The van der Waals surface area contributed by atoms with Crippen LogP contribution in [0.15, 0.2) is 97.1 Å².